The van der Waals surface area contributed by atoms with Crippen LogP contribution in [0.5, 0.6) is 0 Å². The lowest BCUT2D eigenvalue weighted by Crippen LogP contribution is -2.34. The Kier molecular flexibility index (Phi) is 3.28. The molecule has 8 heteroatoms. The molecule has 1 aliphatic heterocycles. The number of ether oxygens (including phenoxy) is 2. The number of hydrogen-bond donors (Lipinski definition) is 1. The van der Waals surface area contributed by atoms with Gasteiger partial charge in [0.1, 0.15) is 6.23 Å². The van der Waals surface area contributed by atoms with Crippen molar-refractivity contribution >= 4 is 5.97 Å². The number of carbonyl (C=O) groups excluding carboxylic acids is 1. The third-order valence-corrected chi connectivity index (χ3v) is 2.49. The maximum absolute atomic E-state index is 13.1. The highest BCUT2D eigenvalue weighted by atomic mass is 19.1. The van der Waals surface area contributed by atoms with E-state index in [1.54, 1.807) is 0 Å². The maximum Gasteiger partial charge on any atom is 0.330 e. The molecule has 0 aromatic carbocycles. The fourth-order valence-corrected chi connectivity index (χ4v) is 1.74. The van der Waals surface area contributed by atoms with Gasteiger partial charge in [0.25, 0.3) is 5.56 Å². The molecule has 1 saturated heterocycles. The monoisotopic (exact) mass is 258 g/mol. The van der Waals surface area contributed by atoms with Crippen molar-refractivity contribution in [1.82, 2.24) is 9.55 Å². The highest BCUT2D eigenvalue weighted by Gasteiger charge is 2.29. The lowest BCUT2D eigenvalue weighted by atomic mass is 10.3. The number of H-pyrrole nitrogens is 1. The molecule has 7 nitrogen and oxygen atoms in total. The number of hydrogen-bond acceptors (Lipinski definition) is 5. The summed E-state index contributed by atoms with van der Waals surface area (Å²) in [4.78, 5) is 34.9. The topological polar surface area (TPSA) is 90.4 Å². The van der Waals surface area contributed by atoms with Crippen LogP contribution in [-0.4, -0.2) is 21.8 Å². The summed E-state index contributed by atoms with van der Waals surface area (Å²) in [5, 5.41) is 0. The Morgan fingerprint density at radius 2 is 2.28 bits per heavy atom. The minimum atomic E-state index is -1.08. The number of aromatic amines is 1. The molecule has 0 radical (unpaired) electrons. The number of esters is 1. The standard InChI is InChI=1S/C10H11FN2O5/c1-5(14)17-8-3-2-7(18-8)13-4-6(11)9(15)12-10(13)16/h4,7-8H,2-3H2,1H3,(H,12,15,16). The van der Waals surface area contributed by atoms with Gasteiger partial charge in [0.05, 0.1) is 6.20 Å². The van der Waals surface area contributed by atoms with Crippen LogP contribution in [0.25, 0.3) is 0 Å². The summed E-state index contributed by atoms with van der Waals surface area (Å²) in [6.07, 6.45) is 0.0468. The van der Waals surface area contributed by atoms with Crippen LogP contribution < -0.4 is 11.2 Å². The summed E-state index contributed by atoms with van der Waals surface area (Å²) in [6.45, 7) is 1.24. The average Bonchev–Trinajstić information content (AvgIpc) is 2.70. The van der Waals surface area contributed by atoms with Crippen molar-refractivity contribution in [3.63, 3.8) is 0 Å². The molecule has 1 fully saturated rings. The second kappa shape index (κ2) is 4.73. The predicted octanol–water partition coefficient (Wildman–Crippen LogP) is -0.126. The number of nitrogens with one attached hydrogen (secondary N) is 1. The molecule has 0 spiro atoms. The number of nitrogens with zero attached hydrogens (tertiary/aromatic N) is 1. The minimum absolute atomic E-state index is 0.378. The summed E-state index contributed by atoms with van der Waals surface area (Å²) in [7, 11) is 0. The summed E-state index contributed by atoms with van der Waals surface area (Å²) < 4.78 is 24.1. The van der Waals surface area contributed by atoms with E-state index in [9.17, 15) is 18.8 Å². The van der Waals surface area contributed by atoms with Crippen molar-refractivity contribution in [2.24, 2.45) is 0 Å². The van der Waals surface area contributed by atoms with E-state index in [1.807, 2.05) is 4.98 Å². The number of aromatic nitrogens is 2. The Hall–Kier alpha value is -1.96. The molecule has 1 aliphatic rings. The Bertz CT molecular complexity index is 578. The van der Waals surface area contributed by atoms with Gasteiger partial charge in [-0.1, -0.05) is 0 Å². The predicted molar refractivity (Wildman–Crippen MR) is 56.2 cm³/mol. The molecular weight excluding hydrogens is 247 g/mol. The van der Waals surface area contributed by atoms with Crippen molar-refractivity contribution in [3.05, 3.63) is 32.9 Å². The third kappa shape index (κ3) is 2.48. The molecule has 1 N–H and O–H groups in total. The van der Waals surface area contributed by atoms with Crippen LogP contribution >= 0.6 is 0 Å². The van der Waals surface area contributed by atoms with Crippen molar-refractivity contribution in [2.45, 2.75) is 32.3 Å². The van der Waals surface area contributed by atoms with Gasteiger partial charge in [-0.3, -0.25) is 19.1 Å². The van der Waals surface area contributed by atoms with Crippen molar-refractivity contribution in [1.29, 1.82) is 0 Å². The maximum atomic E-state index is 13.1. The molecule has 0 aliphatic carbocycles. The molecule has 2 heterocycles. The van der Waals surface area contributed by atoms with Crippen LogP contribution in [0.15, 0.2) is 15.8 Å². The van der Waals surface area contributed by atoms with E-state index in [0.29, 0.717) is 12.8 Å². The Morgan fingerprint density at radius 3 is 2.94 bits per heavy atom. The summed E-state index contributed by atoms with van der Waals surface area (Å²) in [5.74, 6) is -1.57. The Balaban J connectivity index is 2.19. The van der Waals surface area contributed by atoms with Crippen LogP contribution in [0.2, 0.25) is 0 Å². The van der Waals surface area contributed by atoms with Crippen molar-refractivity contribution in [3.8, 4) is 0 Å². The first-order chi connectivity index (χ1) is 8.47. The first kappa shape index (κ1) is 12.5. The first-order valence-electron chi connectivity index (χ1n) is 5.31. The lowest BCUT2D eigenvalue weighted by molar-refractivity contribution is -0.178. The quantitative estimate of drug-likeness (QED) is 0.746. The van der Waals surface area contributed by atoms with Crippen LogP contribution in [0.3, 0.4) is 0 Å². The molecule has 2 atom stereocenters. The molecule has 1 aromatic heterocycles. The molecule has 2 rings (SSSR count). The third-order valence-electron chi connectivity index (χ3n) is 2.49. The van der Waals surface area contributed by atoms with Gasteiger partial charge in [-0.25, -0.2) is 4.79 Å². The van der Waals surface area contributed by atoms with E-state index in [1.165, 1.54) is 6.92 Å². The van der Waals surface area contributed by atoms with Gasteiger partial charge in [0.15, 0.2) is 0 Å². The normalized spacial score (nSPS) is 23.0. The van der Waals surface area contributed by atoms with Gasteiger partial charge in [0.2, 0.25) is 12.1 Å². The average molecular weight is 258 g/mol. The number of rotatable bonds is 2. The van der Waals surface area contributed by atoms with Crippen molar-refractivity contribution in [2.75, 3.05) is 0 Å². The highest BCUT2D eigenvalue weighted by Crippen LogP contribution is 2.27. The van der Waals surface area contributed by atoms with E-state index in [0.717, 1.165) is 10.8 Å². The molecule has 0 bridgehead atoms. The van der Waals surface area contributed by atoms with Gasteiger partial charge in [0, 0.05) is 13.3 Å². The lowest BCUT2D eigenvalue weighted by Gasteiger charge is -2.15. The van der Waals surface area contributed by atoms with Crippen LogP contribution in [0.4, 0.5) is 4.39 Å². The van der Waals surface area contributed by atoms with Crippen molar-refractivity contribution < 1.29 is 18.7 Å². The van der Waals surface area contributed by atoms with Gasteiger partial charge in [-0.05, 0) is 6.42 Å². The largest absolute Gasteiger partial charge is 0.436 e. The molecule has 1 aromatic rings. The Labute approximate surface area is 100 Å². The molecule has 18 heavy (non-hydrogen) atoms. The van der Waals surface area contributed by atoms with Crippen LogP contribution in [0, 0.1) is 5.82 Å². The van der Waals surface area contributed by atoms with Gasteiger partial charge in [-0.15, -0.1) is 0 Å². The highest BCUT2D eigenvalue weighted by molar-refractivity contribution is 5.66. The van der Waals surface area contributed by atoms with E-state index in [-0.39, 0.29) is 0 Å². The van der Waals surface area contributed by atoms with E-state index in [2.05, 4.69) is 0 Å². The zero-order valence-electron chi connectivity index (χ0n) is 9.51. The molecular formula is C10H11FN2O5. The van der Waals surface area contributed by atoms with E-state index < -0.39 is 35.6 Å². The van der Waals surface area contributed by atoms with E-state index in [4.69, 9.17) is 9.47 Å². The Morgan fingerprint density at radius 1 is 1.56 bits per heavy atom. The van der Waals surface area contributed by atoms with Crippen LogP contribution in [-0.2, 0) is 14.3 Å². The molecule has 0 amide bonds. The zero-order valence-corrected chi connectivity index (χ0v) is 9.51. The zero-order chi connectivity index (χ0) is 13.3. The fraction of sp³-hybridized carbons (Fsp3) is 0.500. The second-order valence-electron chi connectivity index (χ2n) is 3.85. The second-order valence-corrected chi connectivity index (χ2v) is 3.85. The minimum Gasteiger partial charge on any atom is -0.436 e. The molecule has 0 saturated carbocycles. The molecule has 2 unspecified atom stereocenters. The fourth-order valence-electron chi connectivity index (χ4n) is 1.74. The summed E-state index contributed by atoms with van der Waals surface area (Å²) >= 11 is 0. The SMILES string of the molecule is CC(=O)OC1CCC(n2cc(F)c(=O)[nH]c2=O)O1. The molecule has 98 valence electrons. The van der Waals surface area contributed by atoms with Gasteiger partial charge < -0.3 is 9.47 Å². The van der Waals surface area contributed by atoms with Gasteiger partial charge in [-0.2, -0.15) is 4.39 Å². The van der Waals surface area contributed by atoms with E-state index >= 15 is 0 Å². The number of halogens is 1. The summed E-state index contributed by atoms with van der Waals surface area (Å²) in [5.41, 5.74) is -1.85. The first-order valence-corrected chi connectivity index (χ1v) is 5.31. The number of carbonyl (C=O) groups is 1. The smallest absolute Gasteiger partial charge is 0.330 e. The van der Waals surface area contributed by atoms with Crippen LogP contribution in [0.1, 0.15) is 26.0 Å². The summed E-state index contributed by atoms with van der Waals surface area (Å²) in [6, 6.07) is 0. The van der Waals surface area contributed by atoms with Gasteiger partial charge >= 0.3 is 11.7 Å².